The molecule has 2 aromatic heterocycles. The molecule has 1 atom stereocenters. The number of rotatable bonds is 5. The zero-order valence-corrected chi connectivity index (χ0v) is 22.4. The quantitative estimate of drug-likeness (QED) is 0.251. The van der Waals surface area contributed by atoms with Gasteiger partial charge in [-0.15, -0.1) is 11.3 Å². The van der Waals surface area contributed by atoms with Gasteiger partial charge in [-0.2, -0.15) is 0 Å². The summed E-state index contributed by atoms with van der Waals surface area (Å²) in [4.78, 5) is 9.34. The summed E-state index contributed by atoms with van der Waals surface area (Å²) in [6.07, 6.45) is 10.5. The van der Waals surface area contributed by atoms with Gasteiger partial charge in [-0.3, -0.25) is 5.32 Å². The SMILES string of the molecule is Cc1c[nH]c2cc(-c3ccc(-c4cnc(C5CCCCC5)s4)c(C(C)(O)NC(C)(C)C)c3)ccc12. The number of fused-ring (bicyclic) bond motifs is 1. The number of thiazole rings is 1. The van der Waals surface area contributed by atoms with Crippen molar-refractivity contribution in [1.29, 1.82) is 0 Å². The maximum atomic E-state index is 11.7. The van der Waals surface area contributed by atoms with Crippen molar-refractivity contribution in [3.8, 4) is 21.6 Å². The third-order valence-electron chi connectivity index (χ3n) is 7.13. The second kappa shape index (κ2) is 9.20. The summed E-state index contributed by atoms with van der Waals surface area (Å²) in [5.41, 5.74) is 5.07. The second-order valence-corrected chi connectivity index (χ2v) is 12.4. The molecule has 1 fully saturated rings. The highest BCUT2D eigenvalue weighted by Crippen LogP contribution is 2.41. The average Bonchev–Trinajstić information content (AvgIpc) is 3.45. The summed E-state index contributed by atoms with van der Waals surface area (Å²) < 4.78 is 0. The first-order chi connectivity index (χ1) is 16.6. The Morgan fingerprint density at radius 3 is 2.46 bits per heavy atom. The number of aromatic amines is 1. The second-order valence-electron chi connectivity index (χ2n) is 11.3. The topological polar surface area (TPSA) is 60.9 Å². The first-order valence-corrected chi connectivity index (χ1v) is 13.6. The lowest BCUT2D eigenvalue weighted by Gasteiger charge is -2.35. The molecule has 5 heteroatoms. The monoisotopic (exact) mass is 487 g/mol. The van der Waals surface area contributed by atoms with E-state index in [0.717, 1.165) is 32.6 Å². The van der Waals surface area contributed by atoms with Crippen LogP contribution in [0.15, 0.2) is 48.8 Å². The van der Waals surface area contributed by atoms with Crippen LogP contribution < -0.4 is 5.32 Å². The third-order valence-corrected chi connectivity index (χ3v) is 8.32. The number of aryl methyl sites for hydroxylation is 1. The molecular formula is C30H37N3OS. The van der Waals surface area contributed by atoms with E-state index in [0.29, 0.717) is 5.92 Å². The molecule has 1 saturated carbocycles. The minimum absolute atomic E-state index is 0.252. The minimum Gasteiger partial charge on any atom is -0.372 e. The summed E-state index contributed by atoms with van der Waals surface area (Å²) >= 11 is 1.79. The number of H-pyrrole nitrogens is 1. The lowest BCUT2D eigenvalue weighted by atomic mass is 9.90. The van der Waals surface area contributed by atoms with Crippen LogP contribution in [0.5, 0.6) is 0 Å². The molecule has 5 rings (SSSR count). The molecule has 0 spiro atoms. The van der Waals surface area contributed by atoms with Crippen LogP contribution >= 0.6 is 11.3 Å². The highest BCUT2D eigenvalue weighted by atomic mass is 32.1. The van der Waals surface area contributed by atoms with E-state index < -0.39 is 5.72 Å². The van der Waals surface area contributed by atoms with Crippen LogP contribution in [-0.4, -0.2) is 20.6 Å². The lowest BCUT2D eigenvalue weighted by molar-refractivity contribution is -0.00360. The largest absolute Gasteiger partial charge is 0.372 e. The molecule has 2 heterocycles. The van der Waals surface area contributed by atoms with Gasteiger partial charge in [0, 0.05) is 45.9 Å². The standard InChI is InChI=1S/C30H37N3OS/c1-19-17-31-26-16-22(11-13-23(19)26)21-12-14-24(25(15-21)30(5,34)33-29(2,3)4)27-18-32-28(35-27)20-9-7-6-8-10-20/h11-18,20,31,33-34H,6-10H2,1-5H3. The minimum atomic E-state index is -1.20. The number of aromatic nitrogens is 2. The Morgan fingerprint density at radius 2 is 1.71 bits per heavy atom. The Morgan fingerprint density at radius 1 is 1.00 bits per heavy atom. The molecule has 184 valence electrons. The Kier molecular flexibility index (Phi) is 6.37. The van der Waals surface area contributed by atoms with Gasteiger partial charge in [0.25, 0.3) is 0 Å². The molecule has 3 N–H and O–H groups in total. The van der Waals surface area contributed by atoms with E-state index in [1.54, 1.807) is 11.3 Å². The van der Waals surface area contributed by atoms with Crippen LogP contribution in [0.3, 0.4) is 0 Å². The van der Waals surface area contributed by atoms with Crippen molar-refractivity contribution in [2.24, 2.45) is 0 Å². The molecule has 2 aromatic carbocycles. The third kappa shape index (κ3) is 5.09. The molecule has 4 nitrogen and oxygen atoms in total. The molecule has 0 radical (unpaired) electrons. The molecule has 4 aromatic rings. The van der Waals surface area contributed by atoms with E-state index in [2.05, 4.69) is 80.6 Å². The van der Waals surface area contributed by atoms with Gasteiger partial charge in [-0.05, 0) is 76.3 Å². The van der Waals surface area contributed by atoms with Gasteiger partial charge < -0.3 is 10.1 Å². The summed E-state index contributed by atoms with van der Waals surface area (Å²) in [6, 6.07) is 13.0. The summed E-state index contributed by atoms with van der Waals surface area (Å²) in [5, 5.41) is 17.7. The zero-order valence-electron chi connectivity index (χ0n) is 21.5. The fraction of sp³-hybridized carbons (Fsp3) is 0.433. The summed E-state index contributed by atoms with van der Waals surface area (Å²) in [5.74, 6) is 0.578. The van der Waals surface area contributed by atoms with Gasteiger partial charge in [-0.1, -0.05) is 43.5 Å². The summed E-state index contributed by atoms with van der Waals surface area (Å²) in [6.45, 7) is 10.2. The van der Waals surface area contributed by atoms with Gasteiger partial charge in [0.2, 0.25) is 0 Å². The maximum absolute atomic E-state index is 11.7. The highest BCUT2D eigenvalue weighted by Gasteiger charge is 2.32. The van der Waals surface area contributed by atoms with E-state index in [9.17, 15) is 5.11 Å². The molecule has 1 unspecified atom stereocenters. The Bertz CT molecular complexity index is 1340. The molecule has 0 aliphatic heterocycles. The Labute approximate surface area is 212 Å². The fourth-order valence-corrected chi connectivity index (χ4v) is 6.67. The first kappa shape index (κ1) is 24.2. The number of hydrogen-bond donors (Lipinski definition) is 3. The Balaban J connectivity index is 1.59. The van der Waals surface area contributed by atoms with E-state index in [1.165, 1.54) is 48.1 Å². The van der Waals surface area contributed by atoms with Crippen molar-refractivity contribution in [3.05, 3.63) is 64.9 Å². The van der Waals surface area contributed by atoms with Gasteiger partial charge >= 0.3 is 0 Å². The average molecular weight is 488 g/mol. The fourth-order valence-electron chi connectivity index (χ4n) is 5.54. The van der Waals surface area contributed by atoms with Crippen molar-refractivity contribution in [3.63, 3.8) is 0 Å². The predicted molar refractivity (Wildman–Crippen MR) is 148 cm³/mol. The van der Waals surface area contributed by atoms with Crippen LogP contribution in [0.1, 0.15) is 81.9 Å². The van der Waals surface area contributed by atoms with Crippen molar-refractivity contribution >= 4 is 22.2 Å². The highest BCUT2D eigenvalue weighted by molar-refractivity contribution is 7.15. The number of hydrogen-bond acceptors (Lipinski definition) is 4. The molecule has 0 saturated heterocycles. The number of nitrogens with zero attached hydrogens (tertiary/aromatic N) is 1. The van der Waals surface area contributed by atoms with Crippen LogP contribution in [0.25, 0.3) is 32.5 Å². The van der Waals surface area contributed by atoms with Gasteiger partial charge in [0.05, 0.1) is 9.88 Å². The van der Waals surface area contributed by atoms with Gasteiger partial charge in [-0.25, -0.2) is 4.98 Å². The first-order valence-electron chi connectivity index (χ1n) is 12.8. The normalized spacial score (nSPS) is 17.1. The smallest absolute Gasteiger partial charge is 0.140 e. The van der Waals surface area contributed by atoms with Gasteiger partial charge in [0.1, 0.15) is 5.72 Å². The Hall–Kier alpha value is -2.47. The van der Waals surface area contributed by atoms with Crippen LogP contribution in [-0.2, 0) is 5.72 Å². The predicted octanol–water partition coefficient (Wildman–Crippen LogP) is 7.87. The number of aliphatic hydroxyl groups is 1. The number of nitrogens with one attached hydrogen (secondary N) is 2. The molecule has 1 aliphatic rings. The van der Waals surface area contributed by atoms with E-state index in [1.807, 2.05) is 13.1 Å². The zero-order chi connectivity index (χ0) is 24.8. The van der Waals surface area contributed by atoms with Crippen molar-refractivity contribution in [2.75, 3.05) is 0 Å². The van der Waals surface area contributed by atoms with E-state index in [4.69, 9.17) is 4.98 Å². The molecule has 0 amide bonds. The van der Waals surface area contributed by atoms with E-state index >= 15 is 0 Å². The number of benzene rings is 2. The van der Waals surface area contributed by atoms with Crippen LogP contribution in [0, 0.1) is 6.92 Å². The van der Waals surface area contributed by atoms with Gasteiger partial charge in [0.15, 0.2) is 0 Å². The maximum Gasteiger partial charge on any atom is 0.140 e. The van der Waals surface area contributed by atoms with Crippen molar-refractivity contribution in [2.45, 2.75) is 83.9 Å². The molecule has 0 bridgehead atoms. The van der Waals surface area contributed by atoms with Crippen molar-refractivity contribution in [1.82, 2.24) is 15.3 Å². The molecule has 1 aliphatic carbocycles. The summed E-state index contributed by atoms with van der Waals surface area (Å²) in [7, 11) is 0. The van der Waals surface area contributed by atoms with E-state index in [-0.39, 0.29) is 5.54 Å². The van der Waals surface area contributed by atoms with Crippen LogP contribution in [0.2, 0.25) is 0 Å². The lowest BCUT2D eigenvalue weighted by Crippen LogP contribution is -2.50. The van der Waals surface area contributed by atoms with Crippen LogP contribution in [0.4, 0.5) is 0 Å². The van der Waals surface area contributed by atoms with Crippen molar-refractivity contribution < 1.29 is 5.11 Å². The molecule has 35 heavy (non-hydrogen) atoms. The molecular weight excluding hydrogens is 450 g/mol.